The molecular formula is C36H28N3P. The Morgan fingerprint density at radius 1 is 0.650 bits per heavy atom. The number of hydrogen-bond acceptors (Lipinski definition) is 3. The average Bonchev–Trinajstić information content (AvgIpc) is 3.35. The van der Waals surface area contributed by atoms with Crippen LogP contribution in [0.5, 0.6) is 0 Å². The standard InChI is InChI=1S/C36H28N3P/c1-36(2)28-18-11-17-27-26-16-9-10-19-30(26)40(32(27)28)31-21-20-25(22-29(31)36)35-38-33(23-12-5-3-6-13-23)37-34(39-35)24-14-7-4-8-15-24/h3-10,12-17,19-22H,11,18H2,1-2H3. The minimum absolute atomic E-state index is 0.0569. The normalized spacial score (nSPS) is 15.3. The highest BCUT2D eigenvalue weighted by Gasteiger charge is 2.36. The highest BCUT2D eigenvalue weighted by atomic mass is 31.1. The van der Waals surface area contributed by atoms with Gasteiger partial charge in [0.1, 0.15) is 0 Å². The second-order valence-electron chi connectivity index (χ2n) is 11.2. The summed E-state index contributed by atoms with van der Waals surface area (Å²) in [4.78, 5) is 16.6. The summed E-state index contributed by atoms with van der Waals surface area (Å²) in [6.45, 7) is 4.82. The molecule has 0 saturated carbocycles. The molecule has 2 aromatic heterocycles. The predicted molar refractivity (Wildman–Crippen MR) is 167 cm³/mol. The molecule has 0 saturated heterocycles. The van der Waals surface area contributed by atoms with Gasteiger partial charge in [-0.2, -0.15) is 0 Å². The van der Waals surface area contributed by atoms with Gasteiger partial charge in [-0.05, 0) is 46.7 Å². The summed E-state index contributed by atoms with van der Waals surface area (Å²) in [5.74, 6) is 2.11. The maximum atomic E-state index is 5.02. The monoisotopic (exact) mass is 533 g/mol. The summed E-state index contributed by atoms with van der Waals surface area (Å²) < 4.78 is 0. The van der Waals surface area contributed by atoms with Gasteiger partial charge >= 0.3 is 0 Å². The first-order valence-corrected chi connectivity index (χ1v) is 15.3. The molecule has 1 unspecified atom stereocenters. The van der Waals surface area contributed by atoms with E-state index in [1.54, 1.807) is 10.5 Å². The van der Waals surface area contributed by atoms with Gasteiger partial charge in [0.25, 0.3) is 0 Å². The van der Waals surface area contributed by atoms with Crippen molar-refractivity contribution in [1.82, 2.24) is 15.0 Å². The van der Waals surface area contributed by atoms with E-state index in [1.807, 2.05) is 36.4 Å². The van der Waals surface area contributed by atoms with Gasteiger partial charge in [-0.3, -0.25) is 0 Å². The highest BCUT2D eigenvalue weighted by molar-refractivity contribution is 7.62. The molecule has 40 heavy (non-hydrogen) atoms. The van der Waals surface area contributed by atoms with E-state index in [4.69, 9.17) is 15.0 Å². The number of nitrogens with zero attached hydrogens (tertiary/aromatic N) is 3. The molecule has 192 valence electrons. The Kier molecular flexibility index (Phi) is 5.21. The van der Waals surface area contributed by atoms with Gasteiger partial charge in [-0.25, -0.2) is 15.0 Å². The maximum Gasteiger partial charge on any atom is 0.164 e. The second kappa shape index (κ2) is 8.84. The molecule has 1 aliphatic heterocycles. The van der Waals surface area contributed by atoms with E-state index in [2.05, 4.69) is 86.7 Å². The molecule has 0 spiro atoms. The van der Waals surface area contributed by atoms with E-state index < -0.39 is 7.53 Å². The molecule has 2 aliphatic rings. The van der Waals surface area contributed by atoms with Crippen LogP contribution in [0.3, 0.4) is 0 Å². The first-order valence-electron chi connectivity index (χ1n) is 13.9. The highest BCUT2D eigenvalue weighted by Crippen LogP contribution is 2.54. The Hall–Kier alpha value is -4.33. The van der Waals surface area contributed by atoms with Crippen LogP contribution < -0.4 is 10.2 Å². The van der Waals surface area contributed by atoms with E-state index in [9.17, 15) is 0 Å². The third-order valence-corrected chi connectivity index (χ3v) is 11.3. The molecule has 1 atom stereocenters. The summed E-state index contributed by atoms with van der Waals surface area (Å²) in [6, 6.07) is 36.4. The van der Waals surface area contributed by atoms with Crippen molar-refractivity contribution in [3.05, 3.63) is 119 Å². The number of hydrogen-bond donors (Lipinski definition) is 0. The van der Waals surface area contributed by atoms with Gasteiger partial charge in [0.15, 0.2) is 17.5 Å². The van der Waals surface area contributed by atoms with Crippen LogP contribution in [0.25, 0.3) is 61.6 Å². The van der Waals surface area contributed by atoms with Crippen molar-refractivity contribution in [2.24, 2.45) is 0 Å². The summed E-state index contributed by atoms with van der Waals surface area (Å²) in [7, 11) is -0.551. The lowest BCUT2D eigenvalue weighted by atomic mass is 9.74. The Labute approximate surface area is 234 Å². The molecule has 1 aliphatic carbocycles. The van der Waals surface area contributed by atoms with Crippen molar-refractivity contribution in [2.75, 3.05) is 0 Å². The molecular weight excluding hydrogens is 505 g/mol. The lowest BCUT2D eigenvalue weighted by Crippen LogP contribution is -2.36. The number of fused-ring (bicyclic) bond motifs is 5. The van der Waals surface area contributed by atoms with Crippen molar-refractivity contribution < 1.29 is 0 Å². The maximum absolute atomic E-state index is 5.02. The number of aromatic nitrogens is 3. The fraction of sp³-hybridized carbons (Fsp3) is 0.139. The van der Waals surface area contributed by atoms with Crippen LogP contribution in [0.1, 0.15) is 32.3 Å². The molecule has 4 aromatic carbocycles. The summed E-state index contributed by atoms with van der Waals surface area (Å²) in [5.41, 5.74) is 5.99. The van der Waals surface area contributed by atoms with Crippen LogP contribution in [0.15, 0.2) is 103 Å². The van der Waals surface area contributed by atoms with Gasteiger partial charge in [0.2, 0.25) is 0 Å². The zero-order valence-electron chi connectivity index (χ0n) is 22.6. The molecule has 3 heterocycles. The summed E-state index contributed by atoms with van der Waals surface area (Å²) >= 11 is 0. The van der Waals surface area contributed by atoms with E-state index in [1.165, 1.54) is 26.6 Å². The SMILES string of the molecule is CC1(C)C2=c3c(c4ccccc4p3-c3ccc(-c4nc(-c5ccccc5)nc(-c5ccccc5)n4)cc31)=CCC2. The van der Waals surface area contributed by atoms with E-state index in [0.717, 1.165) is 35.4 Å². The quantitative estimate of drug-likeness (QED) is 0.231. The molecule has 0 fully saturated rings. The summed E-state index contributed by atoms with van der Waals surface area (Å²) in [5, 5.41) is 5.90. The van der Waals surface area contributed by atoms with Gasteiger partial charge in [0, 0.05) is 37.5 Å². The fourth-order valence-electron chi connectivity index (χ4n) is 6.58. The molecule has 8 rings (SSSR count). The van der Waals surface area contributed by atoms with Crippen LogP contribution in [-0.2, 0) is 5.41 Å². The molecule has 0 radical (unpaired) electrons. The smallest absolute Gasteiger partial charge is 0.164 e. The van der Waals surface area contributed by atoms with Crippen molar-refractivity contribution >= 4 is 29.7 Å². The van der Waals surface area contributed by atoms with Crippen LogP contribution >= 0.6 is 7.53 Å². The average molecular weight is 534 g/mol. The largest absolute Gasteiger partial charge is 0.208 e. The van der Waals surface area contributed by atoms with Crippen molar-refractivity contribution in [2.45, 2.75) is 32.1 Å². The number of rotatable bonds is 3. The van der Waals surface area contributed by atoms with E-state index >= 15 is 0 Å². The zero-order chi connectivity index (χ0) is 26.8. The van der Waals surface area contributed by atoms with Gasteiger partial charge in [0.05, 0.1) is 0 Å². The van der Waals surface area contributed by atoms with Crippen LogP contribution in [0.4, 0.5) is 0 Å². The van der Waals surface area contributed by atoms with Crippen molar-refractivity contribution in [3.63, 3.8) is 0 Å². The van der Waals surface area contributed by atoms with Gasteiger partial charge in [-0.1, -0.05) is 118 Å². The first kappa shape index (κ1) is 23.5. The lowest BCUT2D eigenvalue weighted by Gasteiger charge is -2.36. The summed E-state index contributed by atoms with van der Waals surface area (Å²) in [6.07, 6.45) is 4.72. The topological polar surface area (TPSA) is 38.7 Å². The number of benzene rings is 4. The molecule has 6 aromatic rings. The van der Waals surface area contributed by atoms with Crippen LogP contribution in [0.2, 0.25) is 0 Å². The minimum Gasteiger partial charge on any atom is -0.208 e. The zero-order valence-corrected chi connectivity index (χ0v) is 23.5. The first-order chi connectivity index (χ1) is 19.6. The fourth-order valence-corrected chi connectivity index (χ4v) is 9.91. The van der Waals surface area contributed by atoms with E-state index in [-0.39, 0.29) is 5.41 Å². The predicted octanol–water partition coefficient (Wildman–Crippen LogP) is 8.02. The second-order valence-corrected chi connectivity index (χ2v) is 13.3. The molecule has 3 nitrogen and oxygen atoms in total. The Morgan fingerprint density at radius 2 is 1.25 bits per heavy atom. The van der Waals surface area contributed by atoms with Crippen LogP contribution in [-0.4, -0.2) is 15.0 Å². The Balaban J connectivity index is 1.37. The van der Waals surface area contributed by atoms with Crippen LogP contribution in [0, 0.1) is 0 Å². The molecule has 4 heteroatoms. The van der Waals surface area contributed by atoms with Crippen molar-refractivity contribution in [1.29, 1.82) is 0 Å². The van der Waals surface area contributed by atoms with Crippen molar-refractivity contribution in [3.8, 4) is 39.5 Å². The van der Waals surface area contributed by atoms with Gasteiger partial charge < -0.3 is 0 Å². The Morgan fingerprint density at radius 3 is 1.93 bits per heavy atom. The third kappa shape index (κ3) is 3.48. The third-order valence-electron chi connectivity index (χ3n) is 8.57. The van der Waals surface area contributed by atoms with E-state index in [0.29, 0.717) is 11.6 Å². The minimum atomic E-state index is -0.551. The Bertz CT molecular complexity index is 2010. The van der Waals surface area contributed by atoms with Gasteiger partial charge in [-0.15, -0.1) is 0 Å². The molecule has 0 amide bonds. The molecule has 0 N–H and O–H groups in total. The molecule has 0 bridgehead atoms. The lowest BCUT2D eigenvalue weighted by molar-refractivity contribution is 0.663.